The van der Waals surface area contributed by atoms with Crippen LogP contribution in [0.4, 0.5) is 17.1 Å². The molecule has 112 valence electrons. The van der Waals surface area contributed by atoms with Crippen LogP contribution in [-0.4, -0.2) is 20.7 Å². The van der Waals surface area contributed by atoms with E-state index in [0.29, 0.717) is 0 Å². The van der Waals surface area contributed by atoms with Crippen molar-refractivity contribution in [3.05, 3.63) is 67.5 Å². The van der Waals surface area contributed by atoms with Crippen molar-refractivity contribution in [1.29, 1.82) is 0 Å². The van der Waals surface area contributed by atoms with Gasteiger partial charge in [0.2, 0.25) is 0 Å². The van der Waals surface area contributed by atoms with Crippen molar-refractivity contribution >= 4 is 34.6 Å². The summed E-state index contributed by atoms with van der Waals surface area (Å²) in [6.07, 6.45) is 2.59. The highest BCUT2D eigenvalue weighted by atomic mass is 35.5. The van der Waals surface area contributed by atoms with Gasteiger partial charge in [-0.25, -0.2) is 0 Å². The standard InChI is InChI=1S/C12H7ClN4O5/c13-9-3-4-14-6-8(9)12(18)15-10-2-1-7(16(19)20)5-11(10)17(21)22/h1-6H,(H,15,18). The number of aromatic nitrogens is 1. The van der Waals surface area contributed by atoms with Crippen LogP contribution in [0.15, 0.2) is 36.7 Å². The zero-order chi connectivity index (χ0) is 16.3. The van der Waals surface area contributed by atoms with Crippen LogP contribution in [0.2, 0.25) is 5.02 Å². The van der Waals surface area contributed by atoms with Gasteiger partial charge in [0.15, 0.2) is 0 Å². The number of nitro benzene ring substituents is 2. The number of non-ortho nitro benzene ring substituents is 1. The molecule has 0 aliphatic heterocycles. The summed E-state index contributed by atoms with van der Waals surface area (Å²) in [7, 11) is 0. The van der Waals surface area contributed by atoms with E-state index in [1.54, 1.807) is 0 Å². The molecule has 9 nitrogen and oxygen atoms in total. The minimum absolute atomic E-state index is 0.0248. The smallest absolute Gasteiger partial charge is 0.299 e. The predicted octanol–water partition coefficient (Wildman–Crippen LogP) is 2.80. The Balaban J connectivity index is 2.37. The van der Waals surface area contributed by atoms with Crippen LogP contribution in [0.5, 0.6) is 0 Å². The van der Waals surface area contributed by atoms with Gasteiger partial charge in [-0.05, 0) is 12.1 Å². The van der Waals surface area contributed by atoms with Crippen molar-refractivity contribution in [2.24, 2.45) is 0 Å². The molecule has 1 heterocycles. The highest BCUT2D eigenvalue weighted by Crippen LogP contribution is 2.29. The van der Waals surface area contributed by atoms with Gasteiger partial charge in [0.05, 0.1) is 26.5 Å². The van der Waals surface area contributed by atoms with Gasteiger partial charge in [0, 0.05) is 18.5 Å². The quantitative estimate of drug-likeness (QED) is 0.680. The molecule has 0 bridgehead atoms. The van der Waals surface area contributed by atoms with Crippen LogP contribution in [0.3, 0.4) is 0 Å². The number of nitro groups is 2. The van der Waals surface area contributed by atoms with Gasteiger partial charge in [-0.3, -0.25) is 30.0 Å². The number of hydrogen-bond donors (Lipinski definition) is 1. The molecule has 1 amide bonds. The first-order valence-electron chi connectivity index (χ1n) is 5.74. The van der Waals surface area contributed by atoms with E-state index in [0.717, 1.165) is 18.2 Å². The number of pyridine rings is 1. The fourth-order valence-corrected chi connectivity index (χ4v) is 1.82. The molecule has 0 radical (unpaired) electrons. The SMILES string of the molecule is O=C(Nc1ccc([N+](=O)[O-])cc1[N+](=O)[O-])c1cnccc1Cl. The van der Waals surface area contributed by atoms with Crippen molar-refractivity contribution in [3.63, 3.8) is 0 Å². The molecule has 0 spiro atoms. The van der Waals surface area contributed by atoms with Crippen molar-refractivity contribution in [2.75, 3.05) is 5.32 Å². The lowest BCUT2D eigenvalue weighted by atomic mass is 10.2. The molecular weight excluding hydrogens is 316 g/mol. The lowest BCUT2D eigenvalue weighted by molar-refractivity contribution is -0.393. The Hall–Kier alpha value is -3.07. The average Bonchev–Trinajstić information content (AvgIpc) is 2.47. The van der Waals surface area contributed by atoms with Gasteiger partial charge >= 0.3 is 0 Å². The van der Waals surface area contributed by atoms with Crippen LogP contribution in [0, 0.1) is 20.2 Å². The maximum Gasteiger partial charge on any atom is 0.299 e. The van der Waals surface area contributed by atoms with Gasteiger partial charge in [-0.1, -0.05) is 11.6 Å². The molecule has 0 atom stereocenters. The van der Waals surface area contributed by atoms with Gasteiger partial charge in [0.25, 0.3) is 17.3 Å². The number of carbonyl (C=O) groups excluding carboxylic acids is 1. The molecule has 1 aromatic carbocycles. The number of nitrogens with zero attached hydrogens (tertiary/aromatic N) is 3. The zero-order valence-corrected chi connectivity index (χ0v) is 11.5. The zero-order valence-electron chi connectivity index (χ0n) is 10.7. The second kappa shape index (κ2) is 6.14. The molecule has 0 saturated heterocycles. The lowest BCUT2D eigenvalue weighted by Crippen LogP contribution is -2.14. The Morgan fingerprint density at radius 3 is 2.50 bits per heavy atom. The number of halogens is 1. The Kier molecular flexibility index (Phi) is 4.28. The molecule has 1 N–H and O–H groups in total. The number of hydrogen-bond acceptors (Lipinski definition) is 6. The number of carbonyl (C=O) groups is 1. The maximum atomic E-state index is 12.0. The van der Waals surface area contributed by atoms with E-state index in [1.165, 1.54) is 18.5 Å². The maximum absolute atomic E-state index is 12.0. The van der Waals surface area contributed by atoms with E-state index in [4.69, 9.17) is 11.6 Å². The second-order valence-corrected chi connectivity index (χ2v) is 4.43. The molecule has 2 rings (SSSR count). The number of nitrogens with one attached hydrogen (secondary N) is 1. The summed E-state index contributed by atoms with van der Waals surface area (Å²) in [4.78, 5) is 35.8. The summed E-state index contributed by atoms with van der Waals surface area (Å²) in [6.45, 7) is 0. The van der Waals surface area contributed by atoms with E-state index in [9.17, 15) is 25.0 Å². The van der Waals surface area contributed by atoms with Gasteiger partial charge in [-0.15, -0.1) is 0 Å². The number of amides is 1. The highest BCUT2D eigenvalue weighted by molar-refractivity contribution is 6.34. The summed E-state index contributed by atoms with van der Waals surface area (Å²) in [5, 5.41) is 24.0. The fraction of sp³-hybridized carbons (Fsp3) is 0. The van der Waals surface area contributed by atoms with Crippen LogP contribution < -0.4 is 5.32 Å². The Morgan fingerprint density at radius 2 is 1.91 bits per heavy atom. The molecule has 0 fully saturated rings. The molecule has 10 heteroatoms. The average molecular weight is 323 g/mol. The van der Waals surface area contributed by atoms with Crippen molar-refractivity contribution in [3.8, 4) is 0 Å². The molecule has 1 aromatic heterocycles. The molecule has 0 aliphatic rings. The minimum atomic E-state index is -0.826. The van der Waals surface area contributed by atoms with E-state index >= 15 is 0 Å². The van der Waals surface area contributed by atoms with Gasteiger partial charge < -0.3 is 5.32 Å². The van der Waals surface area contributed by atoms with E-state index < -0.39 is 27.1 Å². The van der Waals surface area contributed by atoms with E-state index in [2.05, 4.69) is 10.3 Å². The number of anilines is 1. The van der Waals surface area contributed by atoms with Crippen LogP contribution in [0.1, 0.15) is 10.4 Å². The number of rotatable bonds is 4. The summed E-state index contributed by atoms with van der Waals surface area (Å²) in [5.74, 6) is -0.713. The first kappa shape index (κ1) is 15.3. The largest absolute Gasteiger partial charge is 0.316 e. The molecule has 0 saturated carbocycles. The Bertz CT molecular complexity index is 780. The van der Waals surface area contributed by atoms with Gasteiger partial charge in [-0.2, -0.15) is 0 Å². The van der Waals surface area contributed by atoms with Crippen molar-refractivity contribution in [1.82, 2.24) is 4.98 Å². The van der Waals surface area contributed by atoms with Crippen LogP contribution in [0.25, 0.3) is 0 Å². The normalized spacial score (nSPS) is 10.0. The van der Waals surface area contributed by atoms with Crippen LogP contribution in [-0.2, 0) is 0 Å². The molecule has 0 aliphatic carbocycles. The van der Waals surface area contributed by atoms with Crippen LogP contribution >= 0.6 is 11.6 Å². The first-order valence-corrected chi connectivity index (χ1v) is 6.11. The second-order valence-electron chi connectivity index (χ2n) is 4.03. The molecule has 22 heavy (non-hydrogen) atoms. The monoisotopic (exact) mass is 322 g/mol. The molecule has 2 aromatic rings. The predicted molar refractivity (Wildman–Crippen MR) is 77.0 cm³/mol. The fourth-order valence-electron chi connectivity index (χ4n) is 1.62. The third kappa shape index (κ3) is 3.15. The highest BCUT2D eigenvalue weighted by Gasteiger charge is 2.22. The lowest BCUT2D eigenvalue weighted by Gasteiger charge is -2.06. The summed E-state index contributed by atoms with van der Waals surface area (Å²) in [5.41, 5.74) is -1.20. The molecular formula is C12H7ClN4O5. The number of benzene rings is 1. The third-order valence-electron chi connectivity index (χ3n) is 2.65. The summed E-state index contributed by atoms with van der Waals surface area (Å²) >= 11 is 5.83. The Labute approximate surface area is 127 Å². The summed E-state index contributed by atoms with van der Waals surface area (Å²) in [6, 6.07) is 4.28. The van der Waals surface area contributed by atoms with Gasteiger partial charge in [0.1, 0.15) is 5.69 Å². The van der Waals surface area contributed by atoms with Crippen molar-refractivity contribution < 1.29 is 14.6 Å². The third-order valence-corrected chi connectivity index (χ3v) is 2.98. The minimum Gasteiger partial charge on any atom is -0.316 e. The van der Waals surface area contributed by atoms with E-state index in [1.807, 2.05) is 0 Å². The summed E-state index contributed by atoms with van der Waals surface area (Å²) < 4.78 is 0. The molecule has 0 unspecified atom stereocenters. The van der Waals surface area contributed by atoms with Crippen molar-refractivity contribution in [2.45, 2.75) is 0 Å². The Morgan fingerprint density at radius 1 is 1.18 bits per heavy atom. The first-order chi connectivity index (χ1) is 10.4. The topological polar surface area (TPSA) is 128 Å². The van der Waals surface area contributed by atoms with E-state index in [-0.39, 0.29) is 16.3 Å².